The quantitative estimate of drug-likeness (QED) is 0.400. The minimum atomic E-state index is 0.810. The number of amidine groups is 1. The van der Waals surface area contributed by atoms with Crippen LogP contribution in [0, 0.1) is 0 Å². The van der Waals surface area contributed by atoms with Crippen molar-refractivity contribution in [3.05, 3.63) is 12.2 Å². The average Bonchev–Trinajstić information content (AvgIpc) is 2.37. The third-order valence-corrected chi connectivity index (χ3v) is 1.66. The van der Waals surface area contributed by atoms with Gasteiger partial charge in [0.1, 0.15) is 5.84 Å². The predicted molar refractivity (Wildman–Crippen MR) is 48.5 cm³/mol. The van der Waals surface area contributed by atoms with Gasteiger partial charge in [-0.2, -0.15) is 0 Å². The van der Waals surface area contributed by atoms with E-state index in [1.807, 2.05) is 6.92 Å². The van der Waals surface area contributed by atoms with E-state index in [0.717, 1.165) is 30.2 Å². The van der Waals surface area contributed by atoms with Gasteiger partial charge in [0.2, 0.25) is 0 Å². The Bertz CT molecular complexity index is 225. The van der Waals surface area contributed by atoms with Crippen LogP contribution in [0.4, 0.5) is 0 Å². The van der Waals surface area contributed by atoms with Crippen LogP contribution < -0.4 is 5.32 Å². The minimum absolute atomic E-state index is 0.810. The lowest BCUT2D eigenvalue weighted by Gasteiger charge is -1.94. The molecule has 0 aromatic heterocycles. The van der Waals surface area contributed by atoms with E-state index in [9.17, 15) is 0 Å². The maximum atomic E-state index is 4.28. The van der Waals surface area contributed by atoms with Gasteiger partial charge in [0.05, 0.1) is 5.71 Å². The van der Waals surface area contributed by atoms with Gasteiger partial charge in [-0.3, -0.25) is 4.99 Å². The van der Waals surface area contributed by atoms with E-state index in [-0.39, 0.29) is 0 Å². The summed E-state index contributed by atoms with van der Waals surface area (Å²) in [4.78, 5) is 8.23. The third kappa shape index (κ3) is 1.98. The summed E-state index contributed by atoms with van der Waals surface area (Å²) < 4.78 is 0. The molecular weight excluding hydrogens is 138 g/mol. The molecule has 0 amide bonds. The van der Waals surface area contributed by atoms with E-state index in [4.69, 9.17) is 0 Å². The zero-order chi connectivity index (χ0) is 8.27. The first-order valence-electron chi connectivity index (χ1n) is 3.64. The summed E-state index contributed by atoms with van der Waals surface area (Å²) in [5, 5.41) is 3.17. The largest absolute Gasteiger partial charge is 0.307 e. The SMILES string of the molecule is C=C1CNCC1=NC(C)=NC. The molecule has 1 aliphatic rings. The lowest BCUT2D eigenvalue weighted by atomic mass is 10.2. The number of hydrogen-bond donors (Lipinski definition) is 1. The van der Waals surface area contributed by atoms with Gasteiger partial charge in [-0.05, 0) is 12.5 Å². The van der Waals surface area contributed by atoms with Crippen molar-refractivity contribution in [1.82, 2.24) is 5.32 Å². The number of nitrogens with zero attached hydrogens (tertiary/aromatic N) is 2. The van der Waals surface area contributed by atoms with E-state index >= 15 is 0 Å². The lowest BCUT2D eigenvalue weighted by molar-refractivity contribution is 0.908. The molecule has 1 heterocycles. The second-order valence-corrected chi connectivity index (χ2v) is 2.54. The molecule has 0 spiro atoms. The molecule has 3 nitrogen and oxygen atoms in total. The molecule has 0 aromatic carbocycles. The Labute approximate surface area is 66.9 Å². The Morgan fingerprint density at radius 2 is 2.27 bits per heavy atom. The fourth-order valence-electron chi connectivity index (χ4n) is 0.923. The van der Waals surface area contributed by atoms with Crippen molar-refractivity contribution in [3.8, 4) is 0 Å². The number of rotatable bonds is 0. The van der Waals surface area contributed by atoms with E-state index in [2.05, 4.69) is 21.9 Å². The maximum absolute atomic E-state index is 4.28. The Hall–Kier alpha value is -0.960. The fraction of sp³-hybridized carbons (Fsp3) is 0.500. The van der Waals surface area contributed by atoms with Gasteiger partial charge in [0.15, 0.2) is 0 Å². The van der Waals surface area contributed by atoms with Crippen LogP contribution in [-0.4, -0.2) is 31.7 Å². The van der Waals surface area contributed by atoms with E-state index in [0.29, 0.717) is 0 Å². The molecule has 11 heavy (non-hydrogen) atoms. The molecule has 60 valence electrons. The third-order valence-electron chi connectivity index (χ3n) is 1.66. The first-order valence-corrected chi connectivity index (χ1v) is 3.64. The van der Waals surface area contributed by atoms with Crippen LogP contribution in [0.5, 0.6) is 0 Å². The second kappa shape index (κ2) is 3.44. The highest BCUT2D eigenvalue weighted by Crippen LogP contribution is 2.00. The summed E-state index contributed by atoms with van der Waals surface area (Å²) in [6, 6.07) is 0. The highest BCUT2D eigenvalue weighted by molar-refractivity contribution is 6.09. The van der Waals surface area contributed by atoms with Gasteiger partial charge in [0.25, 0.3) is 0 Å². The topological polar surface area (TPSA) is 36.8 Å². The molecule has 0 radical (unpaired) electrons. The van der Waals surface area contributed by atoms with E-state index in [1.54, 1.807) is 7.05 Å². The molecule has 0 unspecified atom stereocenters. The summed E-state index contributed by atoms with van der Waals surface area (Å²) >= 11 is 0. The van der Waals surface area contributed by atoms with Crippen LogP contribution in [-0.2, 0) is 0 Å². The molecule has 0 aliphatic carbocycles. The Morgan fingerprint density at radius 3 is 2.73 bits per heavy atom. The monoisotopic (exact) mass is 151 g/mol. The Kier molecular flexibility index (Phi) is 2.54. The molecule has 1 fully saturated rings. The van der Waals surface area contributed by atoms with Crippen molar-refractivity contribution in [3.63, 3.8) is 0 Å². The van der Waals surface area contributed by atoms with E-state index in [1.165, 1.54) is 0 Å². The smallest absolute Gasteiger partial charge is 0.120 e. The molecular formula is C8H13N3. The first kappa shape index (κ1) is 8.14. The molecule has 1 saturated heterocycles. The van der Waals surface area contributed by atoms with Crippen LogP contribution in [0.25, 0.3) is 0 Å². The van der Waals surface area contributed by atoms with Crippen molar-refractivity contribution in [2.45, 2.75) is 6.92 Å². The zero-order valence-electron chi connectivity index (χ0n) is 7.02. The molecule has 0 aromatic rings. The van der Waals surface area contributed by atoms with Crippen LogP contribution in [0.3, 0.4) is 0 Å². The van der Waals surface area contributed by atoms with Crippen molar-refractivity contribution < 1.29 is 0 Å². The van der Waals surface area contributed by atoms with Crippen LogP contribution in [0.2, 0.25) is 0 Å². The van der Waals surface area contributed by atoms with Crippen molar-refractivity contribution in [1.29, 1.82) is 0 Å². The Balaban J connectivity index is 2.73. The zero-order valence-corrected chi connectivity index (χ0v) is 7.02. The van der Waals surface area contributed by atoms with E-state index < -0.39 is 0 Å². The van der Waals surface area contributed by atoms with Crippen LogP contribution in [0.15, 0.2) is 22.1 Å². The molecule has 3 heteroatoms. The molecule has 0 bridgehead atoms. The predicted octanol–water partition coefficient (Wildman–Crippen LogP) is 0.635. The minimum Gasteiger partial charge on any atom is -0.307 e. The fourth-order valence-corrected chi connectivity index (χ4v) is 0.923. The molecule has 1 aliphatic heterocycles. The second-order valence-electron chi connectivity index (χ2n) is 2.54. The molecule has 1 N–H and O–H groups in total. The number of hydrogen-bond acceptors (Lipinski definition) is 2. The molecule has 0 atom stereocenters. The first-order chi connectivity index (χ1) is 5.24. The highest BCUT2D eigenvalue weighted by atomic mass is 15.0. The summed E-state index contributed by atoms with van der Waals surface area (Å²) in [5.74, 6) is 0.810. The maximum Gasteiger partial charge on any atom is 0.120 e. The molecule has 0 saturated carbocycles. The molecule has 1 rings (SSSR count). The average molecular weight is 151 g/mol. The summed E-state index contributed by atoms with van der Waals surface area (Å²) in [7, 11) is 1.74. The van der Waals surface area contributed by atoms with Crippen molar-refractivity contribution in [2.75, 3.05) is 20.1 Å². The lowest BCUT2D eigenvalue weighted by Crippen LogP contribution is -2.09. The standard InChI is InChI=1S/C8H13N3/c1-6-4-10-5-8(6)11-7(2)9-3/h10H,1,4-5H2,2-3H3. The van der Waals surface area contributed by atoms with Crippen molar-refractivity contribution in [2.24, 2.45) is 9.98 Å². The van der Waals surface area contributed by atoms with Crippen molar-refractivity contribution >= 4 is 11.5 Å². The van der Waals surface area contributed by atoms with Crippen LogP contribution >= 0.6 is 0 Å². The highest BCUT2D eigenvalue weighted by Gasteiger charge is 2.11. The number of aliphatic imine (C=N–C) groups is 2. The van der Waals surface area contributed by atoms with Gasteiger partial charge in [-0.15, -0.1) is 0 Å². The van der Waals surface area contributed by atoms with Gasteiger partial charge in [0, 0.05) is 20.1 Å². The summed E-state index contributed by atoms with van der Waals surface area (Å²) in [6.45, 7) is 7.44. The van der Waals surface area contributed by atoms with Crippen LogP contribution in [0.1, 0.15) is 6.92 Å². The Morgan fingerprint density at radius 1 is 1.55 bits per heavy atom. The van der Waals surface area contributed by atoms with Gasteiger partial charge in [-0.25, -0.2) is 4.99 Å². The number of nitrogens with one attached hydrogen (secondary N) is 1. The summed E-state index contributed by atoms with van der Waals surface area (Å²) in [6.07, 6.45) is 0. The normalized spacial score (nSPS) is 23.3. The summed E-state index contributed by atoms with van der Waals surface area (Å²) in [5.41, 5.74) is 2.11. The van der Waals surface area contributed by atoms with Gasteiger partial charge in [-0.1, -0.05) is 6.58 Å². The van der Waals surface area contributed by atoms with Gasteiger partial charge >= 0.3 is 0 Å². The van der Waals surface area contributed by atoms with Gasteiger partial charge < -0.3 is 5.32 Å².